The van der Waals surface area contributed by atoms with Crippen LogP contribution in [0, 0.1) is 0 Å². The molecule has 4 rings (SSSR count). The zero-order valence-electron chi connectivity index (χ0n) is 16.8. The summed E-state index contributed by atoms with van der Waals surface area (Å²) < 4.78 is 7.34. The fraction of sp³-hybridized carbons (Fsp3) is 0.120. The minimum atomic E-state index is -0.209. The van der Waals surface area contributed by atoms with Crippen LogP contribution in [0.3, 0.4) is 0 Å². The number of amides is 1. The molecule has 0 saturated carbocycles. The van der Waals surface area contributed by atoms with Crippen LogP contribution in [-0.2, 0) is 11.4 Å². The topological polar surface area (TPSA) is 60.3 Å². The van der Waals surface area contributed by atoms with Crippen LogP contribution in [-0.4, -0.2) is 16.4 Å². The quantitative estimate of drug-likeness (QED) is 0.393. The number of ether oxygens (including phenoxy) is 1. The molecule has 1 aromatic heterocycles. The molecule has 6 heteroatoms. The predicted octanol–water partition coefficient (Wildman–Crippen LogP) is 5.93. The van der Waals surface area contributed by atoms with Crippen molar-refractivity contribution in [3.05, 3.63) is 95.6 Å². The van der Waals surface area contributed by atoms with E-state index in [1.165, 1.54) is 0 Å². The maximum atomic E-state index is 12.5. The molecular formula is C25H21ClN2O3. The van der Waals surface area contributed by atoms with Crippen LogP contribution in [0.2, 0.25) is 5.02 Å². The molecule has 0 atom stereocenters. The third kappa shape index (κ3) is 5.32. The number of rotatable bonds is 7. The van der Waals surface area contributed by atoms with Gasteiger partial charge in [0.15, 0.2) is 0 Å². The standard InChI is InChI=1S/C25H21ClN2O3/c26-20-7-5-18(6-8-20)17-31-22-11-9-21(10-12-22)27-24(29)13-14-25(30)28-16-15-19-3-1-2-4-23(19)28/h1-12,15-16H,13-14,17H2,(H,27,29). The van der Waals surface area contributed by atoms with Gasteiger partial charge in [-0.2, -0.15) is 0 Å². The maximum Gasteiger partial charge on any atom is 0.231 e. The fourth-order valence-electron chi connectivity index (χ4n) is 3.25. The van der Waals surface area contributed by atoms with Gasteiger partial charge in [-0.1, -0.05) is 41.9 Å². The summed E-state index contributed by atoms with van der Waals surface area (Å²) >= 11 is 5.88. The predicted molar refractivity (Wildman–Crippen MR) is 123 cm³/mol. The van der Waals surface area contributed by atoms with Gasteiger partial charge in [0.25, 0.3) is 0 Å². The first-order chi connectivity index (χ1) is 15.1. The first-order valence-corrected chi connectivity index (χ1v) is 10.3. The van der Waals surface area contributed by atoms with Crippen LogP contribution in [0.5, 0.6) is 5.75 Å². The van der Waals surface area contributed by atoms with Crippen molar-refractivity contribution >= 4 is 40.0 Å². The van der Waals surface area contributed by atoms with Crippen molar-refractivity contribution in [2.75, 3.05) is 5.32 Å². The Bertz CT molecular complexity index is 1200. The summed E-state index contributed by atoms with van der Waals surface area (Å²) in [4.78, 5) is 24.7. The van der Waals surface area contributed by atoms with Crippen LogP contribution in [0.4, 0.5) is 5.69 Å². The van der Waals surface area contributed by atoms with Gasteiger partial charge >= 0.3 is 0 Å². The van der Waals surface area contributed by atoms with E-state index >= 15 is 0 Å². The van der Waals surface area contributed by atoms with E-state index in [0.717, 1.165) is 16.5 Å². The molecule has 31 heavy (non-hydrogen) atoms. The fourth-order valence-corrected chi connectivity index (χ4v) is 3.37. The molecule has 0 saturated heterocycles. The second-order valence-electron chi connectivity index (χ2n) is 7.13. The third-order valence-electron chi connectivity index (χ3n) is 4.89. The second-order valence-corrected chi connectivity index (χ2v) is 7.56. The van der Waals surface area contributed by atoms with Gasteiger partial charge in [0.1, 0.15) is 12.4 Å². The van der Waals surface area contributed by atoms with E-state index in [9.17, 15) is 9.59 Å². The first-order valence-electron chi connectivity index (χ1n) is 9.95. The summed E-state index contributed by atoms with van der Waals surface area (Å²) in [5, 5.41) is 4.50. The molecule has 0 radical (unpaired) electrons. The van der Waals surface area contributed by atoms with Crippen molar-refractivity contribution in [2.24, 2.45) is 0 Å². The van der Waals surface area contributed by atoms with E-state index in [4.69, 9.17) is 16.3 Å². The molecule has 0 bridgehead atoms. The number of benzene rings is 3. The first kappa shape index (κ1) is 20.7. The lowest BCUT2D eigenvalue weighted by atomic mass is 10.2. The van der Waals surface area contributed by atoms with Gasteiger partial charge in [-0.15, -0.1) is 0 Å². The number of para-hydroxylation sites is 1. The van der Waals surface area contributed by atoms with Crippen molar-refractivity contribution in [3.63, 3.8) is 0 Å². The molecule has 156 valence electrons. The lowest BCUT2D eigenvalue weighted by Gasteiger charge is -2.09. The Morgan fingerprint density at radius 2 is 1.61 bits per heavy atom. The Morgan fingerprint density at radius 1 is 0.871 bits per heavy atom. The number of nitrogens with zero attached hydrogens (tertiary/aromatic N) is 1. The minimum Gasteiger partial charge on any atom is -0.489 e. The lowest BCUT2D eigenvalue weighted by Crippen LogP contribution is -2.16. The summed E-state index contributed by atoms with van der Waals surface area (Å²) in [6.07, 6.45) is 1.99. The summed E-state index contributed by atoms with van der Waals surface area (Å²) in [7, 11) is 0. The van der Waals surface area contributed by atoms with Crippen molar-refractivity contribution in [1.82, 2.24) is 4.57 Å². The Labute approximate surface area is 185 Å². The van der Waals surface area contributed by atoms with Gasteiger partial charge in [-0.05, 0) is 54.1 Å². The van der Waals surface area contributed by atoms with Crippen LogP contribution >= 0.6 is 11.6 Å². The van der Waals surface area contributed by atoms with Crippen LogP contribution < -0.4 is 10.1 Å². The maximum absolute atomic E-state index is 12.5. The number of carbonyl (C=O) groups is 2. The third-order valence-corrected chi connectivity index (χ3v) is 5.14. The van der Waals surface area contributed by atoms with Crippen molar-refractivity contribution in [1.29, 1.82) is 0 Å². The van der Waals surface area contributed by atoms with E-state index in [2.05, 4.69) is 5.32 Å². The minimum absolute atomic E-state index is 0.109. The molecule has 1 N–H and O–H groups in total. The van der Waals surface area contributed by atoms with Gasteiger partial charge < -0.3 is 10.1 Å². The van der Waals surface area contributed by atoms with Gasteiger partial charge in [-0.3, -0.25) is 14.2 Å². The van der Waals surface area contributed by atoms with Gasteiger partial charge in [0, 0.05) is 35.1 Å². The molecule has 0 aliphatic carbocycles. The molecule has 0 unspecified atom stereocenters. The number of nitrogens with one attached hydrogen (secondary N) is 1. The number of anilines is 1. The molecule has 1 heterocycles. The number of fused-ring (bicyclic) bond motifs is 1. The van der Waals surface area contributed by atoms with E-state index in [0.29, 0.717) is 23.1 Å². The number of halogens is 1. The molecule has 0 aliphatic heterocycles. The number of carbonyl (C=O) groups excluding carboxylic acids is 2. The summed E-state index contributed by atoms with van der Waals surface area (Å²) in [6, 6.07) is 24.2. The monoisotopic (exact) mass is 432 g/mol. The van der Waals surface area contributed by atoms with Crippen molar-refractivity contribution < 1.29 is 14.3 Å². The number of hydrogen-bond donors (Lipinski definition) is 1. The smallest absolute Gasteiger partial charge is 0.231 e. The average molecular weight is 433 g/mol. The Kier molecular flexibility index (Phi) is 6.34. The molecular weight excluding hydrogens is 412 g/mol. The Balaban J connectivity index is 1.26. The van der Waals surface area contributed by atoms with Gasteiger partial charge in [-0.25, -0.2) is 0 Å². The zero-order valence-corrected chi connectivity index (χ0v) is 17.5. The second kappa shape index (κ2) is 9.49. The number of aromatic nitrogens is 1. The Hall–Kier alpha value is -3.57. The lowest BCUT2D eigenvalue weighted by molar-refractivity contribution is -0.116. The number of hydrogen-bond acceptors (Lipinski definition) is 3. The van der Waals surface area contributed by atoms with E-state index in [1.807, 2.05) is 54.6 Å². The molecule has 0 aliphatic rings. The summed E-state index contributed by atoms with van der Waals surface area (Å²) in [5.41, 5.74) is 2.52. The van der Waals surface area contributed by atoms with Gasteiger partial charge in [0.05, 0.1) is 5.52 Å². The highest BCUT2D eigenvalue weighted by atomic mass is 35.5. The highest BCUT2D eigenvalue weighted by molar-refractivity contribution is 6.30. The van der Waals surface area contributed by atoms with Crippen molar-refractivity contribution in [2.45, 2.75) is 19.4 Å². The molecule has 0 spiro atoms. The normalized spacial score (nSPS) is 10.7. The van der Waals surface area contributed by atoms with Crippen molar-refractivity contribution in [3.8, 4) is 5.75 Å². The highest BCUT2D eigenvalue weighted by Crippen LogP contribution is 2.19. The van der Waals surface area contributed by atoms with E-state index in [1.54, 1.807) is 35.0 Å². The molecule has 3 aromatic carbocycles. The largest absolute Gasteiger partial charge is 0.489 e. The summed E-state index contributed by atoms with van der Waals surface area (Å²) in [6.45, 7) is 0.430. The molecule has 4 aromatic rings. The van der Waals surface area contributed by atoms with E-state index < -0.39 is 0 Å². The van der Waals surface area contributed by atoms with E-state index in [-0.39, 0.29) is 24.7 Å². The molecule has 1 amide bonds. The average Bonchev–Trinajstić information content (AvgIpc) is 3.22. The summed E-state index contributed by atoms with van der Waals surface area (Å²) in [5.74, 6) is 0.379. The Morgan fingerprint density at radius 3 is 2.39 bits per heavy atom. The van der Waals surface area contributed by atoms with Crippen LogP contribution in [0.1, 0.15) is 23.2 Å². The highest BCUT2D eigenvalue weighted by Gasteiger charge is 2.11. The SMILES string of the molecule is O=C(CCC(=O)n1ccc2ccccc21)Nc1ccc(OCc2ccc(Cl)cc2)cc1. The van der Waals surface area contributed by atoms with Crippen LogP contribution in [0.15, 0.2) is 85.1 Å². The zero-order chi connectivity index (χ0) is 21.6. The van der Waals surface area contributed by atoms with Crippen LogP contribution in [0.25, 0.3) is 10.9 Å². The molecule has 0 fully saturated rings. The molecule has 5 nitrogen and oxygen atoms in total. The van der Waals surface area contributed by atoms with Gasteiger partial charge in [0.2, 0.25) is 11.8 Å².